The predicted octanol–water partition coefficient (Wildman–Crippen LogP) is 2.53. The van der Waals surface area contributed by atoms with Crippen LogP contribution in [0.5, 0.6) is 0 Å². The van der Waals surface area contributed by atoms with E-state index in [-0.39, 0.29) is 48.1 Å². The maximum Gasteiger partial charge on any atom is 0.283 e. The molecule has 1 saturated heterocycles. The van der Waals surface area contributed by atoms with E-state index in [2.05, 4.69) is 17.2 Å². The van der Waals surface area contributed by atoms with E-state index in [1.54, 1.807) is 37.2 Å². The Kier molecular flexibility index (Phi) is 8.04. The van der Waals surface area contributed by atoms with Crippen LogP contribution in [0.4, 0.5) is 0 Å². The van der Waals surface area contributed by atoms with E-state index in [0.29, 0.717) is 32.2 Å². The lowest BCUT2D eigenvalue weighted by Gasteiger charge is -2.40. The fourth-order valence-corrected chi connectivity index (χ4v) is 9.61. The third-order valence-corrected chi connectivity index (χ3v) is 12.1. The van der Waals surface area contributed by atoms with Gasteiger partial charge in [-0.2, -0.15) is 4.31 Å². The number of thiazole rings is 1. The number of nitrogens with one attached hydrogen (secondary N) is 1. The van der Waals surface area contributed by atoms with Gasteiger partial charge in [0.25, 0.3) is 15.9 Å². The summed E-state index contributed by atoms with van der Waals surface area (Å²) in [6.07, 6.45) is 0.713. The van der Waals surface area contributed by atoms with Gasteiger partial charge in [0, 0.05) is 79.3 Å². The highest BCUT2D eigenvalue weighted by Gasteiger charge is 2.40. The van der Waals surface area contributed by atoms with Gasteiger partial charge < -0.3 is 20.2 Å². The number of amides is 2. The Bertz CT molecular complexity index is 1540. The summed E-state index contributed by atoms with van der Waals surface area (Å²) >= 11 is 8.53. The molecule has 0 bridgehead atoms. The van der Waals surface area contributed by atoms with Crippen LogP contribution in [-0.4, -0.2) is 90.2 Å². The van der Waals surface area contributed by atoms with Crippen LogP contribution in [0, 0.1) is 0 Å². The Labute approximate surface area is 240 Å². The number of aromatic nitrogens is 1. The van der Waals surface area contributed by atoms with Crippen molar-refractivity contribution in [2.45, 2.75) is 49.2 Å². The van der Waals surface area contributed by atoms with Crippen molar-refractivity contribution in [2.75, 3.05) is 33.7 Å². The number of rotatable bonds is 6. The molecule has 2 atom stereocenters. The first-order valence-electron chi connectivity index (χ1n) is 12.5. The second-order valence-electron chi connectivity index (χ2n) is 10.0. The number of benzene rings is 1. The number of hydrogen-bond donors (Lipinski definition) is 2. The summed E-state index contributed by atoms with van der Waals surface area (Å²) in [5.41, 5.74) is 1.24. The summed E-state index contributed by atoms with van der Waals surface area (Å²) in [5, 5.41) is 14.9. The molecule has 210 valence electrons. The highest BCUT2D eigenvalue weighted by molar-refractivity contribution is 7.91. The van der Waals surface area contributed by atoms with Crippen molar-refractivity contribution in [1.82, 2.24) is 24.4 Å². The second kappa shape index (κ2) is 11.0. The number of carbonyl (C=O) groups is 2. The third-order valence-electron chi connectivity index (χ3n) is 7.14. The van der Waals surface area contributed by atoms with Crippen molar-refractivity contribution < 1.29 is 23.1 Å². The van der Waals surface area contributed by atoms with Crippen LogP contribution in [0.25, 0.3) is 10.1 Å². The van der Waals surface area contributed by atoms with E-state index < -0.39 is 22.7 Å². The van der Waals surface area contributed by atoms with E-state index >= 15 is 0 Å². The van der Waals surface area contributed by atoms with E-state index in [0.717, 1.165) is 28.3 Å². The number of hydrogen-bond acceptors (Lipinski definition) is 9. The standard InChI is InChI=1S/C25H30ClN5O5S3/c1-14-8-19-21(11-27-14)37-23(28-19)24(34)31-7-6-30(12-16(31)10-22(33)29(2)3)39(35,36)25-18(13-32)17-5-4-15(26)9-20(17)38-25/h4-5,9,14,16,27,32H,6-8,10-13H2,1-3H3. The summed E-state index contributed by atoms with van der Waals surface area (Å²) in [6, 6.07) is 4.65. The minimum atomic E-state index is -4.03. The Balaban J connectivity index is 1.45. The molecule has 39 heavy (non-hydrogen) atoms. The molecule has 3 aromatic rings. The van der Waals surface area contributed by atoms with Crippen LogP contribution < -0.4 is 5.32 Å². The smallest absolute Gasteiger partial charge is 0.283 e. The van der Waals surface area contributed by atoms with E-state index in [4.69, 9.17) is 11.6 Å². The maximum absolute atomic E-state index is 13.9. The fraction of sp³-hybridized carbons (Fsp3) is 0.480. The van der Waals surface area contributed by atoms with Crippen LogP contribution >= 0.6 is 34.3 Å². The summed E-state index contributed by atoms with van der Waals surface area (Å²) in [6.45, 7) is 2.41. The first-order chi connectivity index (χ1) is 18.5. The van der Waals surface area contributed by atoms with Crippen molar-refractivity contribution in [3.8, 4) is 0 Å². The average Bonchev–Trinajstić information content (AvgIpc) is 3.49. The van der Waals surface area contributed by atoms with Crippen molar-refractivity contribution in [2.24, 2.45) is 0 Å². The molecule has 10 nitrogen and oxygen atoms in total. The Morgan fingerprint density at radius 2 is 2.03 bits per heavy atom. The molecule has 14 heteroatoms. The normalized spacial score (nSPS) is 20.3. The molecule has 0 radical (unpaired) electrons. The highest BCUT2D eigenvalue weighted by atomic mass is 35.5. The van der Waals surface area contributed by atoms with Gasteiger partial charge in [-0.15, -0.1) is 22.7 Å². The van der Waals surface area contributed by atoms with Gasteiger partial charge in [-0.1, -0.05) is 17.7 Å². The number of halogens is 1. The molecule has 0 aliphatic carbocycles. The lowest BCUT2D eigenvalue weighted by molar-refractivity contribution is -0.130. The van der Waals surface area contributed by atoms with Crippen LogP contribution in [0.15, 0.2) is 22.4 Å². The lowest BCUT2D eigenvalue weighted by atomic mass is 10.1. The average molecular weight is 612 g/mol. The number of aliphatic hydroxyl groups is 1. The molecule has 2 aliphatic heterocycles. The minimum absolute atomic E-state index is 0.0245. The van der Waals surface area contributed by atoms with Gasteiger partial charge in [-0.05, 0) is 24.4 Å². The monoisotopic (exact) mass is 611 g/mol. The molecule has 2 aromatic heterocycles. The predicted molar refractivity (Wildman–Crippen MR) is 152 cm³/mol. The highest BCUT2D eigenvalue weighted by Crippen LogP contribution is 2.38. The minimum Gasteiger partial charge on any atom is -0.392 e. The zero-order valence-corrected chi connectivity index (χ0v) is 25.0. The molecule has 0 spiro atoms. The number of aliphatic hydroxyl groups excluding tert-OH is 1. The first-order valence-corrected chi connectivity index (χ1v) is 16.0. The quantitative estimate of drug-likeness (QED) is 0.439. The Morgan fingerprint density at radius 3 is 2.74 bits per heavy atom. The van der Waals surface area contributed by atoms with Crippen LogP contribution in [0.3, 0.4) is 0 Å². The van der Waals surface area contributed by atoms with Crippen molar-refractivity contribution in [3.63, 3.8) is 0 Å². The second-order valence-corrected chi connectivity index (χ2v) is 14.8. The number of sulfonamides is 1. The molecule has 2 aliphatic rings. The van der Waals surface area contributed by atoms with E-state index in [1.807, 2.05) is 0 Å². The first kappa shape index (κ1) is 28.4. The summed E-state index contributed by atoms with van der Waals surface area (Å²) in [4.78, 5) is 35.1. The summed E-state index contributed by atoms with van der Waals surface area (Å²) in [5.74, 6) is -0.496. The van der Waals surface area contributed by atoms with Crippen LogP contribution in [0.1, 0.15) is 39.3 Å². The van der Waals surface area contributed by atoms with Crippen LogP contribution in [0.2, 0.25) is 5.02 Å². The van der Waals surface area contributed by atoms with Crippen molar-refractivity contribution in [3.05, 3.63) is 44.4 Å². The Hall–Kier alpha value is -2.13. The van der Waals surface area contributed by atoms with Gasteiger partial charge in [-0.25, -0.2) is 13.4 Å². The van der Waals surface area contributed by atoms with Crippen molar-refractivity contribution >= 4 is 66.2 Å². The Morgan fingerprint density at radius 1 is 1.26 bits per heavy atom. The largest absolute Gasteiger partial charge is 0.392 e. The topological polar surface area (TPSA) is 123 Å². The lowest BCUT2D eigenvalue weighted by Crippen LogP contribution is -2.57. The summed E-state index contributed by atoms with van der Waals surface area (Å²) < 4.78 is 29.8. The van der Waals surface area contributed by atoms with E-state index in [9.17, 15) is 23.1 Å². The molecule has 2 N–H and O–H groups in total. The van der Waals surface area contributed by atoms with Crippen molar-refractivity contribution in [1.29, 1.82) is 0 Å². The molecule has 1 fully saturated rings. The number of carbonyl (C=O) groups excluding carboxylic acids is 2. The molecule has 2 amide bonds. The maximum atomic E-state index is 13.9. The van der Waals surface area contributed by atoms with Crippen LogP contribution in [-0.2, 0) is 34.4 Å². The van der Waals surface area contributed by atoms with E-state index in [1.165, 1.54) is 20.5 Å². The number of fused-ring (bicyclic) bond motifs is 2. The SMILES string of the molecule is CC1Cc2nc(C(=O)N3CCN(S(=O)(=O)c4sc5cc(Cl)ccc5c4CO)CC3CC(=O)N(C)C)sc2CN1. The van der Waals surface area contributed by atoms with Gasteiger partial charge in [0.1, 0.15) is 4.21 Å². The van der Waals surface area contributed by atoms with Gasteiger partial charge in [0.15, 0.2) is 5.01 Å². The molecule has 4 heterocycles. The van der Waals surface area contributed by atoms with Gasteiger partial charge in [0.2, 0.25) is 5.91 Å². The zero-order valence-electron chi connectivity index (χ0n) is 21.8. The molecule has 0 saturated carbocycles. The number of nitrogens with zero attached hydrogens (tertiary/aromatic N) is 4. The zero-order chi connectivity index (χ0) is 28.1. The third kappa shape index (κ3) is 5.45. The summed E-state index contributed by atoms with van der Waals surface area (Å²) in [7, 11) is -0.767. The number of thiophene rings is 1. The molecule has 1 aromatic carbocycles. The fourth-order valence-electron chi connectivity index (χ4n) is 4.97. The molecule has 2 unspecified atom stereocenters. The van der Waals surface area contributed by atoms with Gasteiger partial charge >= 0.3 is 0 Å². The molecular formula is C25H30ClN5O5S3. The van der Waals surface area contributed by atoms with Gasteiger partial charge in [-0.3, -0.25) is 9.59 Å². The molecule has 5 rings (SSSR count). The molecular weight excluding hydrogens is 582 g/mol. The number of piperazine rings is 1. The van der Waals surface area contributed by atoms with Gasteiger partial charge in [0.05, 0.1) is 18.3 Å².